The Morgan fingerprint density at radius 1 is 0.506 bits per heavy atom. The lowest BCUT2D eigenvalue weighted by molar-refractivity contribution is 0.0400. The van der Waals surface area contributed by atoms with Crippen LogP contribution in [0.4, 0.5) is 23.4 Å². The lowest BCUT2D eigenvalue weighted by Gasteiger charge is -2.46. The Kier molecular flexibility index (Phi) is 18.2. The number of benzene rings is 2. The van der Waals surface area contributed by atoms with E-state index in [-0.39, 0.29) is 29.0 Å². The maximum absolute atomic E-state index is 15.0. The fourth-order valence-corrected chi connectivity index (χ4v) is 12.9. The average Bonchev–Trinajstić information content (AvgIpc) is 4.27. The highest BCUT2D eigenvalue weighted by Crippen LogP contribution is 2.43. The topological polar surface area (TPSA) is 152 Å². The van der Waals surface area contributed by atoms with Gasteiger partial charge in [-0.2, -0.15) is 0 Å². The molecule has 20 heteroatoms. The summed E-state index contributed by atoms with van der Waals surface area (Å²) in [6, 6.07) is 9.45. The van der Waals surface area contributed by atoms with Gasteiger partial charge in [-0.15, -0.1) is 0 Å². The van der Waals surface area contributed by atoms with Crippen LogP contribution in [-0.2, 0) is 19.5 Å². The summed E-state index contributed by atoms with van der Waals surface area (Å²) >= 11 is 5.72. The predicted molar refractivity (Wildman–Crippen MR) is 320 cm³/mol. The zero-order chi connectivity index (χ0) is 58.7. The van der Waals surface area contributed by atoms with Gasteiger partial charge >= 0.3 is 0 Å². The molecule has 0 aliphatic carbocycles. The van der Waals surface area contributed by atoms with Crippen molar-refractivity contribution in [2.75, 3.05) is 72.2 Å². The molecule has 0 amide bonds. The van der Waals surface area contributed by atoms with Crippen molar-refractivity contribution in [3.8, 4) is 22.3 Å². The molecule has 0 atom stereocenters. The number of nitrogens with zero attached hydrogens (tertiary/aromatic N) is 14. The largest absolute Gasteiger partial charge is 0.384 e. The van der Waals surface area contributed by atoms with Crippen molar-refractivity contribution in [1.29, 1.82) is 0 Å². The monoisotopic (exact) mass is 1160 g/mol. The maximum Gasteiger partial charge on any atom is 0.222 e. The van der Waals surface area contributed by atoms with E-state index < -0.39 is 23.3 Å². The molecule has 4 aliphatic heterocycles. The number of imidazole rings is 2. The molecule has 12 rings (SSSR count). The molecular weight excluding hydrogens is 1080 g/mol. The average molecular weight is 1160 g/mol. The molecule has 0 bridgehead atoms. The molecule has 83 heavy (non-hydrogen) atoms. The van der Waals surface area contributed by atoms with Crippen molar-refractivity contribution in [3.05, 3.63) is 136 Å². The summed E-state index contributed by atoms with van der Waals surface area (Å²) in [6.07, 6.45) is 20.7. The first-order chi connectivity index (χ1) is 39.7. The molecule has 10 heterocycles. The van der Waals surface area contributed by atoms with Gasteiger partial charge in [0, 0.05) is 77.9 Å². The van der Waals surface area contributed by atoms with Crippen molar-refractivity contribution in [2.45, 2.75) is 125 Å². The minimum atomic E-state index is -0.541. The number of rotatable bonds is 10. The molecule has 2 spiro atoms. The van der Waals surface area contributed by atoms with Crippen LogP contribution in [0, 0.1) is 47.9 Å². The molecule has 0 saturated carbocycles. The van der Waals surface area contributed by atoms with E-state index in [1.165, 1.54) is 115 Å². The van der Waals surface area contributed by atoms with Gasteiger partial charge in [-0.3, -0.25) is 14.8 Å². The third-order valence-electron chi connectivity index (χ3n) is 17.8. The first-order valence-corrected chi connectivity index (χ1v) is 29.6. The number of piperidine rings is 4. The molecule has 4 saturated heterocycles. The van der Waals surface area contributed by atoms with Gasteiger partial charge in [0.25, 0.3) is 0 Å². The molecular formula is C63H78ClF4N15. The molecule has 6 aromatic heterocycles. The highest BCUT2D eigenvalue weighted by atomic mass is 35.5. The van der Waals surface area contributed by atoms with Gasteiger partial charge in [0.2, 0.25) is 5.28 Å². The van der Waals surface area contributed by atoms with E-state index in [0.29, 0.717) is 67.3 Å². The SMILES string of the molecule is CN1CCC2(CC1)CCN(Cc1cnc(Cl)nc1)CC2.Cc1nc2c(F)cc(-c3cc(Cc4ncc(CN5CCC6(CCN(C)CC6)CC5)cn4)ncc3F)cc2n1C(C)C.Cc1nc2c(F)cc(-c3cc(N)ncc3F)cc2n1C(C)C. The zero-order valence-electron chi connectivity index (χ0n) is 49.2. The summed E-state index contributed by atoms with van der Waals surface area (Å²) in [5, 5.41) is 0.331. The number of fused-ring (bicyclic) bond motifs is 2. The van der Waals surface area contributed by atoms with Crippen LogP contribution in [0.25, 0.3) is 44.3 Å². The van der Waals surface area contributed by atoms with Crippen molar-refractivity contribution in [2.24, 2.45) is 10.8 Å². The number of aromatic nitrogens is 10. The van der Waals surface area contributed by atoms with E-state index in [4.69, 9.17) is 17.3 Å². The Hall–Kier alpha value is -6.51. The molecule has 0 unspecified atom stereocenters. The predicted octanol–water partition coefficient (Wildman–Crippen LogP) is 12.2. The summed E-state index contributed by atoms with van der Waals surface area (Å²) in [7, 11) is 4.46. The summed E-state index contributed by atoms with van der Waals surface area (Å²) in [4.78, 5) is 43.9. The van der Waals surface area contributed by atoms with Gasteiger partial charge in [0.1, 0.15) is 46.0 Å². The Morgan fingerprint density at radius 2 is 0.904 bits per heavy atom. The lowest BCUT2D eigenvalue weighted by Crippen LogP contribution is -2.45. The number of likely N-dealkylation sites (tertiary alicyclic amines) is 4. The first kappa shape index (κ1) is 59.6. The number of hydrogen-bond acceptors (Lipinski definition) is 13. The molecule has 440 valence electrons. The minimum absolute atomic E-state index is 0.0957. The second-order valence-electron chi connectivity index (χ2n) is 24.3. The second-order valence-corrected chi connectivity index (χ2v) is 24.7. The van der Waals surface area contributed by atoms with Crippen LogP contribution in [0.1, 0.15) is 125 Å². The molecule has 2 N–H and O–H groups in total. The van der Waals surface area contributed by atoms with E-state index in [1.54, 1.807) is 18.2 Å². The van der Waals surface area contributed by atoms with E-state index in [2.05, 4.69) is 73.6 Å². The van der Waals surface area contributed by atoms with Gasteiger partial charge in [0.15, 0.2) is 11.6 Å². The Labute approximate surface area is 489 Å². The van der Waals surface area contributed by atoms with Crippen molar-refractivity contribution < 1.29 is 17.6 Å². The normalized spacial score (nSPS) is 17.8. The highest BCUT2D eigenvalue weighted by molar-refractivity contribution is 6.28. The van der Waals surface area contributed by atoms with Crippen LogP contribution in [0.5, 0.6) is 0 Å². The number of halogens is 5. The smallest absolute Gasteiger partial charge is 0.222 e. The standard InChI is InChI=1S/C32H39F2N7.C16H16F2N4.C15H23ClN4/c1-21(2)41-22(3)38-31-27(33)13-24(14-29(31)41)26-15-25(35-19-28(26)34)16-30-36-17-23(18-37-30)20-40-11-7-32(8-12-40)5-9-39(4)10-6-32;1-8(2)22-9(3)21-16-12(17)4-10(5-14(16)22)11-6-15(19)20-7-13(11)18;1-19-6-2-15(3-7-19)4-8-20(9-5-15)12-13-10-17-14(16)18-11-13/h13-15,17-19,21H,5-12,16,20H2,1-4H3;4-8H,1-3H3,(H2,19,20);10-11H,2-9,12H2,1H3. The quantitative estimate of drug-likeness (QED) is 0.102. The van der Waals surface area contributed by atoms with Crippen molar-refractivity contribution >= 4 is 39.5 Å². The summed E-state index contributed by atoms with van der Waals surface area (Å²) in [5.74, 6) is 0.264. The Bertz CT molecular complexity index is 3510. The number of pyridine rings is 2. The van der Waals surface area contributed by atoms with Gasteiger partial charge in [0.05, 0.1) is 29.8 Å². The number of hydrogen-bond donors (Lipinski definition) is 1. The number of nitrogens with two attached hydrogens (primary N) is 1. The third kappa shape index (κ3) is 13.9. The lowest BCUT2D eigenvalue weighted by atomic mass is 9.71. The van der Waals surface area contributed by atoms with E-state index in [1.807, 2.05) is 75.5 Å². The van der Waals surface area contributed by atoms with Gasteiger partial charge < -0.3 is 24.7 Å². The summed E-state index contributed by atoms with van der Waals surface area (Å²) < 4.78 is 62.2. The minimum Gasteiger partial charge on any atom is -0.384 e. The van der Waals surface area contributed by atoms with Gasteiger partial charge in [-0.05, 0) is 229 Å². The van der Waals surface area contributed by atoms with Crippen LogP contribution in [0.2, 0.25) is 5.28 Å². The van der Waals surface area contributed by atoms with Gasteiger partial charge in [-0.25, -0.2) is 52.4 Å². The highest BCUT2D eigenvalue weighted by Gasteiger charge is 2.38. The Morgan fingerprint density at radius 3 is 1.34 bits per heavy atom. The number of nitrogen functional groups attached to an aromatic ring is 1. The third-order valence-corrected chi connectivity index (χ3v) is 18.0. The number of aryl methyl sites for hydroxylation is 2. The van der Waals surface area contributed by atoms with Crippen LogP contribution in [0.3, 0.4) is 0 Å². The molecule has 0 radical (unpaired) electrons. The van der Waals surface area contributed by atoms with Crippen LogP contribution in [0.15, 0.2) is 73.6 Å². The van der Waals surface area contributed by atoms with E-state index in [0.717, 1.165) is 55.2 Å². The van der Waals surface area contributed by atoms with Crippen LogP contribution in [-0.4, -0.2) is 135 Å². The molecule has 4 aliphatic rings. The van der Waals surface area contributed by atoms with Crippen LogP contribution < -0.4 is 5.73 Å². The zero-order valence-corrected chi connectivity index (χ0v) is 50.0. The summed E-state index contributed by atoms with van der Waals surface area (Å²) in [6.45, 7) is 23.1. The van der Waals surface area contributed by atoms with Crippen LogP contribution >= 0.6 is 11.6 Å². The maximum atomic E-state index is 15.0. The van der Waals surface area contributed by atoms with Crippen molar-refractivity contribution in [1.82, 2.24) is 68.6 Å². The fourth-order valence-electron chi connectivity index (χ4n) is 12.8. The Balaban J connectivity index is 0.000000154. The first-order valence-electron chi connectivity index (χ1n) is 29.2. The van der Waals surface area contributed by atoms with E-state index in [9.17, 15) is 13.2 Å². The molecule has 2 aromatic carbocycles. The molecule has 15 nitrogen and oxygen atoms in total. The van der Waals surface area contributed by atoms with Gasteiger partial charge in [-0.1, -0.05) is 0 Å². The fraction of sp³-hybridized carbons (Fsp3) is 0.492. The van der Waals surface area contributed by atoms with Crippen molar-refractivity contribution in [3.63, 3.8) is 0 Å². The summed E-state index contributed by atoms with van der Waals surface area (Å²) in [5.41, 5.74) is 12.9. The number of anilines is 1. The molecule has 8 aromatic rings. The van der Waals surface area contributed by atoms with E-state index >= 15 is 4.39 Å². The second kappa shape index (κ2) is 25.4. The molecule has 4 fully saturated rings.